The predicted octanol–water partition coefficient (Wildman–Crippen LogP) is 3.34. The number of anilines is 2. The first-order valence-corrected chi connectivity index (χ1v) is 8.58. The fourth-order valence-electron chi connectivity index (χ4n) is 2.69. The van der Waals surface area contributed by atoms with Gasteiger partial charge >= 0.3 is 0 Å². The van der Waals surface area contributed by atoms with Crippen LogP contribution in [0.4, 0.5) is 19.6 Å². The highest BCUT2D eigenvalue weighted by Gasteiger charge is 2.22. The molecular weight excluding hydrogens is 318 g/mol. The molecule has 7 heteroatoms. The minimum absolute atomic E-state index is 0.336. The van der Waals surface area contributed by atoms with Gasteiger partial charge in [0.2, 0.25) is 5.13 Å². The van der Waals surface area contributed by atoms with Gasteiger partial charge in [-0.1, -0.05) is 13.8 Å². The van der Waals surface area contributed by atoms with E-state index in [0.717, 1.165) is 36.5 Å². The molecule has 0 N–H and O–H groups in total. The van der Waals surface area contributed by atoms with Crippen LogP contribution in [0.1, 0.15) is 19.7 Å². The van der Waals surface area contributed by atoms with Gasteiger partial charge in [-0.05, 0) is 18.1 Å². The Kier molecular flexibility index (Phi) is 4.75. The van der Waals surface area contributed by atoms with Crippen LogP contribution in [0.5, 0.6) is 0 Å². The van der Waals surface area contributed by atoms with Crippen LogP contribution in [0.25, 0.3) is 0 Å². The van der Waals surface area contributed by atoms with E-state index in [9.17, 15) is 8.78 Å². The van der Waals surface area contributed by atoms with Crippen molar-refractivity contribution in [1.29, 1.82) is 0 Å². The second-order valence-corrected chi connectivity index (χ2v) is 6.89. The molecule has 0 unspecified atom stereocenters. The molecule has 2 heterocycles. The van der Waals surface area contributed by atoms with Gasteiger partial charge in [-0.25, -0.2) is 13.8 Å². The molecule has 0 atom stereocenters. The Bertz CT molecular complexity index is 666. The van der Waals surface area contributed by atoms with Crippen molar-refractivity contribution in [2.24, 2.45) is 5.92 Å². The average molecular weight is 338 g/mol. The Morgan fingerprint density at radius 1 is 1.13 bits per heavy atom. The highest BCUT2D eigenvalue weighted by molar-refractivity contribution is 7.09. The number of piperazine rings is 1. The molecule has 1 aliphatic rings. The highest BCUT2D eigenvalue weighted by Crippen LogP contribution is 2.25. The van der Waals surface area contributed by atoms with Crippen LogP contribution in [-0.4, -0.2) is 35.5 Å². The van der Waals surface area contributed by atoms with Crippen LogP contribution in [-0.2, 0) is 6.42 Å². The van der Waals surface area contributed by atoms with Crippen LogP contribution in [0, 0.1) is 17.6 Å². The van der Waals surface area contributed by atoms with Gasteiger partial charge in [0, 0.05) is 50.2 Å². The van der Waals surface area contributed by atoms with Gasteiger partial charge in [0.05, 0.1) is 5.69 Å². The molecule has 0 bridgehead atoms. The van der Waals surface area contributed by atoms with E-state index in [1.54, 1.807) is 0 Å². The maximum Gasteiger partial charge on any atom is 0.205 e. The molecule has 1 aliphatic heterocycles. The third-order valence-corrected chi connectivity index (χ3v) is 4.66. The summed E-state index contributed by atoms with van der Waals surface area (Å²) in [4.78, 5) is 8.63. The SMILES string of the molecule is CC(C)Cc1nsc(N2CCN(c3cc(F)ccc3F)CC2)n1. The topological polar surface area (TPSA) is 32.3 Å². The van der Waals surface area contributed by atoms with Crippen LogP contribution >= 0.6 is 11.5 Å². The lowest BCUT2D eigenvalue weighted by atomic mass is 10.1. The first kappa shape index (κ1) is 16.1. The summed E-state index contributed by atoms with van der Waals surface area (Å²) in [6.45, 7) is 7.03. The lowest BCUT2D eigenvalue weighted by molar-refractivity contribution is 0.579. The van der Waals surface area contributed by atoms with E-state index in [0.29, 0.717) is 24.7 Å². The van der Waals surface area contributed by atoms with E-state index >= 15 is 0 Å². The average Bonchev–Trinajstić information content (AvgIpc) is 2.97. The van der Waals surface area contributed by atoms with Crippen molar-refractivity contribution < 1.29 is 8.78 Å². The number of hydrogen-bond donors (Lipinski definition) is 0. The first-order valence-electron chi connectivity index (χ1n) is 7.80. The van der Waals surface area contributed by atoms with Gasteiger partial charge in [-0.2, -0.15) is 4.37 Å². The molecule has 23 heavy (non-hydrogen) atoms. The second-order valence-electron chi connectivity index (χ2n) is 6.16. The van der Waals surface area contributed by atoms with Crippen molar-refractivity contribution in [1.82, 2.24) is 9.36 Å². The maximum atomic E-state index is 13.9. The van der Waals surface area contributed by atoms with Crippen molar-refractivity contribution in [3.05, 3.63) is 35.7 Å². The van der Waals surface area contributed by atoms with E-state index in [-0.39, 0.29) is 5.82 Å². The fraction of sp³-hybridized carbons (Fsp3) is 0.500. The number of aromatic nitrogens is 2. The second kappa shape index (κ2) is 6.78. The molecule has 0 radical (unpaired) electrons. The minimum Gasteiger partial charge on any atom is -0.366 e. The molecule has 0 spiro atoms. The summed E-state index contributed by atoms with van der Waals surface area (Å²) < 4.78 is 31.6. The molecule has 1 saturated heterocycles. The van der Waals surface area contributed by atoms with Crippen molar-refractivity contribution in [3.63, 3.8) is 0 Å². The third-order valence-electron chi connectivity index (χ3n) is 3.85. The molecule has 4 nitrogen and oxygen atoms in total. The summed E-state index contributed by atoms with van der Waals surface area (Å²) in [5.74, 6) is 0.630. The lowest BCUT2D eigenvalue weighted by Gasteiger charge is -2.35. The van der Waals surface area contributed by atoms with Crippen molar-refractivity contribution >= 4 is 22.4 Å². The zero-order valence-electron chi connectivity index (χ0n) is 13.3. The smallest absolute Gasteiger partial charge is 0.205 e. The summed E-state index contributed by atoms with van der Waals surface area (Å²) in [5, 5.41) is 0.917. The lowest BCUT2D eigenvalue weighted by Crippen LogP contribution is -2.46. The maximum absolute atomic E-state index is 13.9. The number of hydrogen-bond acceptors (Lipinski definition) is 5. The molecule has 1 fully saturated rings. The molecule has 1 aromatic carbocycles. The molecule has 1 aromatic heterocycles. The Labute approximate surface area is 138 Å². The van der Waals surface area contributed by atoms with E-state index in [1.165, 1.54) is 23.7 Å². The van der Waals surface area contributed by atoms with Gasteiger partial charge in [0.15, 0.2) is 0 Å². The number of halogens is 2. The first-order chi connectivity index (χ1) is 11.0. The zero-order valence-corrected chi connectivity index (χ0v) is 14.1. The summed E-state index contributed by atoms with van der Waals surface area (Å²) in [5.41, 5.74) is 0.336. The molecular formula is C16H20F2N4S. The Morgan fingerprint density at radius 2 is 1.83 bits per heavy atom. The molecule has 124 valence electrons. The normalized spacial score (nSPS) is 15.5. The van der Waals surface area contributed by atoms with Gasteiger partial charge in [0.1, 0.15) is 17.5 Å². The molecule has 3 rings (SSSR count). The molecule has 0 saturated carbocycles. The van der Waals surface area contributed by atoms with Gasteiger partial charge in [0.25, 0.3) is 0 Å². The van der Waals surface area contributed by atoms with Crippen molar-refractivity contribution in [2.45, 2.75) is 20.3 Å². The summed E-state index contributed by atoms with van der Waals surface area (Å²) in [6.07, 6.45) is 0.880. The fourth-order valence-corrected chi connectivity index (χ4v) is 3.43. The van der Waals surface area contributed by atoms with Crippen LogP contribution in [0.3, 0.4) is 0 Å². The van der Waals surface area contributed by atoms with Crippen molar-refractivity contribution in [3.8, 4) is 0 Å². The monoisotopic (exact) mass is 338 g/mol. The Hall–Kier alpha value is -1.76. The van der Waals surface area contributed by atoms with Gasteiger partial charge < -0.3 is 9.80 Å². The van der Waals surface area contributed by atoms with E-state index in [2.05, 4.69) is 28.1 Å². The molecule has 0 amide bonds. The van der Waals surface area contributed by atoms with Crippen molar-refractivity contribution in [2.75, 3.05) is 36.0 Å². The van der Waals surface area contributed by atoms with E-state index < -0.39 is 5.82 Å². The van der Waals surface area contributed by atoms with Crippen LogP contribution in [0.15, 0.2) is 18.2 Å². The number of nitrogens with zero attached hydrogens (tertiary/aromatic N) is 4. The summed E-state index contributed by atoms with van der Waals surface area (Å²) in [6, 6.07) is 3.59. The molecule has 2 aromatic rings. The standard InChI is InChI=1S/C16H20F2N4S/c1-11(2)9-15-19-16(23-20-15)22-7-5-21(6-8-22)14-10-12(17)3-4-13(14)18/h3-4,10-11H,5-9H2,1-2H3. The number of rotatable bonds is 4. The van der Waals surface area contributed by atoms with Gasteiger partial charge in [-0.3, -0.25) is 0 Å². The number of benzene rings is 1. The van der Waals surface area contributed by atoms with Gasteiger partial charge in [-0.15, -0.1) is 0 Å². The zero-order chi connectivity index (χ0) is 16.4. The minimum atomic E-state index is -0.411. The highest BCUT2D eigenvalue weighted by atomic mass is 32.1. The van der Waals surface area contributed by atoms with E-state index in [1.807, 2.05) is 4.90 Å². The van der Waals surface area contributed by atoms with Crippen LogP contribution in [0.2, 0.25) is 0 Å². The largest absolute Gasteiger partial charge is 0.366 e. The van der Waals surface area contributed by atoms with Crippen LogP contribution < -0.4 is 9.80 Å². The Morgan fingerprint density at radius 3 is 2.52 bits per heavy atom. The quantitative estimate of drug-likeness (QED) is 0.856. The van der Waals surface area contributed by atoms with E-state index in [4.69, 9.17) is 0 Å². The summed E-state index contributed by atoms with van der Waals surface area (Å²) in [7, 11) is 0. The third kappa shape index (κ3) is 3.77. The Balaban J connectivity index is 1.64. The summed E-state index contributed by atoms with van der Waals surface area (Å²) >= 11 is 1.41. The predicted molar refractivity (Wildman–Crippen MR) is 89.2 cm³/mol. The molecule has 0 aliphatic carbocycles.